The Hall–Kier alpha value is -0.760. The Bertz CT molecular complexity index is 423. The average molecular weight is 267 g/mol. The summed E-state index contributed by atoms with van der Waals surface area (Å²) >= 11 is 6.02. The summed E-state index contributed by atoms with van der Waals surface area (Å²) in [5, 5.41) is 0. The molecule has 0 N–H and O–H groups in total. The SMILES string of the molecule is Cc1cc(N2CCC(C(C)(C)C)C2)c(CCl)cn1. The van der Waals surface area contributed by atoms with E-state index < -0.39 is 0 Å². The zero-order valence-corrected chi connectivity index (χ0v) is 12.6. The highest BCUT2D eigenvalue weighted by Gasteiger charge is 2.32. The number of anilines is 1. The van der Waals surface area contributed by atoms with Crippen LogP contribution in [0.15, 0.2) is 12.3 Å². The standard InChI is InChI=1S/C15H23ClN2/c1-11-7-14(12(8-16)9-17-11)18-6-5-13(10-18)15(2,3)4/h7,9,13H,5-6,8,10H2,1-4H3. The Labute approximate surface area is 115 Å². The fraction of sp³-hybridized carbons (Fsp3) is 0.667. The molecule has 2 heterocycles. The molecule has 2 rings (SSSR count). The van der Waals surface area contributed by atoms with E-state index in [4.69, 9.17) is 11.6 Å². The number of hydrogen-bond donors (Lipinski definition) is 0. The Balaban J connectivity index is 2.21. The molecule has 0 amide bonds. The number of aryl methyl sites for hydroxylation is 1. The van der Waals surface area contributed by atoms with E-state index in [0.717, 1.165) is 30.3 Å². The minimum Gasteiger partial charge on any atom is -0.371 e. The van der Waals surface area contributed by atoms with Crippen LogP contribution in [0.1, 0.15) is 38.4 Å². The second-order valence-electron chi connectivity index (χ2n) is 6.39. The summed E-state index contributed by atoms with van der Waals surface area (Å²) in [5.41, 5.74) is 3.89. The van der Waals surface area contributed by atoms with E-state index in [-0.39, 0.29) is 0 Å². The van der Waals surface area contributed by atoms with Crippen LogP contribution in [-0.2, 0) is 5.88 Å². The minimum atomic E-state index is 0.387. The van der Waals surface area contributed by atoms with Gasteiger partial charge in [-0.2, -0.15) is 0 Å². The van der Waals surface area contributed by atoms with E-state index >= 15 is 0 Å². The number of aromatic nitrogens is 1. The third kappa shape index (κ3) is 2.80. The number of alkyl halides is 1. The molecule has 0 spiro atoms. The molecule has 1 aliphatic rings. The summed E-state index contributed by atoms with van der Waals surface area (Å²) in [5.74, 6) is 1.30. The van der Waals surface area contributed by atoms with Crippen LogP contribution in [0.2, 0.25) is 0 Å². The van der Waals surface area contributed by atoms with Gasteiger partial charge in [0.1, 0.15) is 0 Å². The lowest BCUT2D eigenvalue weighted by atomic mass is 9.80. The van der Waals surface area contributed by atoms with Crippen LogP contribution in [0.25, 0.3) is 0 Å². The van der Waals surface area contributed by atoms with Crippen LogP contribution in [0, 0.1) is 18.3 Å². The summed E-state index contributed by atoms with van der Waals surface area (Å²) in [6, 6.07) is 2.17. The van der Waals surface area contributed by atoms with E-state index in [2.05, 4.69) is 36.7 Å². The molecule has 0 saturated carbocycles. The Morgan fingerprint density at radius 1 is 1.44 bits per heavy atom. The summed E-state index contributed by atoms with van der Waals surface area (Å²) < 4.78 is 0. The first kappa shape index (κ1) is 13.7. The lowest BCUT2D eigenvalue weighted by Crippen LogP contribution is -2.26. The molecule has 2 nitrogen and oxygen atoms in total. The molecule has 0 aromatic carbocycles. The second-order valence-corrected chi connectivity index (χ2v) is 6.65. The van der Waals surface area contributed by atoms with Gasteiger partial charge in [0.15, 0.2) is 0 Å². The molecule has 0 radical (unpaired) electrons. The number of pyridine rings is 1. The van der Waals surface area contributed by atoms with Crippen molar-refractivity contribution in [3.05, 3.63) is 23.5 Å². The van der Waals surface area contributed by atoms with Gasteiger partial charge in [-0.3, -0.25) is 4.98 Å². The molecule has 0 bridgehead atoms. The van der Waals surface area contributed by atoms with Crippen LogP contribution in [0.3, 0.4) is 0 Å². The molecule has 1 aromatic rings. The van der Waals surface area contributed by atoms with Crippen molar-refractivity contribution < 1.29 is 0 Å². The highest BCUT2D eigenvalue weighted by Crippen LogP contribution is 2.36. The quantitative estimate of drug-likeness (QED) is 0.752. The van der Waals surface area contributed by atoms with Gasteiger partial charge in [0.25, 0.3) is 0 Å². The van der Waals surface area contributed by atoms with Gasteiger partial charge in [-0.25, -0.2) is 0 Å². The average Bonchev–Trinajstić information content (AvgIpc) is 2.77. The first-order chi connectivity index (χ1) is 8.41. The first-order valence-corrected chi connectivity index (χ1v) is 7.21. The van der Waals surface area contributed by atoms with E-state index in [1.165, 1.54) is 12.1 Å². The van der Waals surface area contributed by atoms with E-state index in [9.17, 15) is 0 Å². The maximum absolute atomic E-state index is 6.02. The highest BCUT2D eigenvalue weighted by atomic mass is 35.5. The lowest BCUT2D eigenvalue weighted by molar-refractivity contribution is 0.263. The maximum atomic E-state index is 6.02. The van der Waals surface area contributed by atoms with E-state index in [1.807, 2.05) is 13.1 Å². The zero-order chi connectivity index (χ0) is 13.3. The molecule has 1 atom stereocenters. The predicted molar refractivity (Wildman–Crippen MR) is 78.3 cm³/mol. The maximum Gasteiger partial charge on any atom is 0.0509 e. The van der Waals surface area contributed by atoms with Crippen LogP contribution < -0.4 is 4.90 Å². The lowest BCUT2D eigenvalue weighted by Gasteiger charge is -2.28. The van der Waals surface area contributed by atoms with Crippen LogP contribution >= 0.6 is 11.6 Å². The third-order valence-electron chi connectivity index (χ3n) is 4.00. The van der Waals surface area contributed by atoms with Gasteiger partial charge < -0.3 is 4.90 Å². The molecular weight excluding hydrogens is 244 g/mol. The third-order valence-corrected chi connectivity index (χ3v) is 4.28. The van der Waals surface area contributed by atoms with E-state index in [0.29, 0.717) is 11.3 Å². The van der Waals surface area contributed by atoms with Crippen molar-refractivity contribution in [2.24, 2.45) is 11.3 Å². The van der Waals surface area contributed by atoms with Gasteiger partial charge in [0.05, 0.1) is 5.88 Å². The molecule has 0 aliphatic carbocycles. The molecule has 1 aromatic heterocycles. The van der Waals surface area contributed by atoms with Gasteiger partial charge in [-0.1, -0.05) is 20.8 Å². The predicted octanol–water partition coefficient (Wildman–Crippen LogP) is 4.00. The molecule has 100 valence electrons. The molecule has 18 heavy (non-hydrogen) atoms. The molecule has 1 fully saturated rings. The largest absolute Gasteiger partial charge is 0.371 e. The van der Waals surface area contributed by atoms with Crippen LogP contribution in [0.5, 0.6) is 0 Å². The fourth-order valence-corrected chi connectivity index (χ4v) is 2.86. The van der Waals surface area contributed by atoms with Crippen molar-refractivity contribution in [3.63, 3.8) is 0 Å². The molecule has 1 unspecified atom stereocenters. The van der Waals surface area contributed by atoms with Gasteiger partial charge in [0, 0.05) is 36.2 Å². The molecular formula is C15H23ClN2. The van der Waals surface area contributed by atoms with Crippen molar-refractivity contribution in [1.82, 2.24) is 4.98 Å². The Morgan fingerprint density at radius 3 is 2.72 bits per heavy atom. The summed E-state index contributed by atoms with van der Waals surface area (Å²) in [6.45, 7) is 11.3. The molecule has 1 aliphatic heterocycles. The van der Waals surface area contributed by atoms with Gasteiger partial charge >= 0.3 is 0 Å². The monoisotopic (exact) mass is 266 g/mol. The van der Waals surface area contributed by atoms with Crippen molar-refractivity contribution in [2.45, 2.75) is 40.0 Å². The van der Waals surface area contributed by atoms with E-state index in [1.54, 1.807) is 0 Å². The highest BCUT2D eigenvalue weighted by molar-refractivity contribution is 6.17. The van der Waals surface area contributed by atoms with Crippen molar-refractivity contribution in [1.29, 1.82) is 0 Å². The van der Waals surface area contributed by atoms with Crippen LogP contribution in [-0.4, -0.2) is 18.1 Å². The normalized spacial score (nSPS) is 20.5. The van der Waals surface area contributed by atoms with Crippen LogP contribution in [0.4, 0.5) is 5.69 Å². The second kappa shape index (κ2) is 5.08. The number of halogens is 1. The number of hydrogen-bond acceptors (Lipinski definition) is 2. The fourth-order valence-electron chi connectivity index (χ4n) is 2.66. The van der Waals surface area contributed by atoms with Gasteiger partial charge in [-0.15, -0.1) is 11.6 Å². The van der Waals surface area contributed by atoms with Crippen molar-refractivity contribution in [3.8, 4) is 0 Å². The topological polar surface area (TPSA) is 16.1 Å². The van der Waals surface area contributed by atoms with Crippen molar-refractivity contribution >= 4 is 17.3 Å². The van der Waals surface area contributed by atoms with Gasteiger partial charge in [0.2, 0.25) is 0 Å². The van der Waals surface area contributed by atoms with Gasteiger partial charge in [-0.05, 0) is 30.7 Å². The minimum absolute atomic E-state index is 0.387. The van der Waals surface area contributed by atoms with Crippen molar-refractivity contribution in [2.75, 3.05) is 18.0 Å². The zero-order valence-electron chi connectivity index (χ0n) is 11.8. The Morgan fingerprint density at radius 2 is 2.17 bits per heavy atom. The number of nitrogens with zero attached hydrogens (tertiary/aromatic N) is 2. The smallest absolute Gasteiger partial charge is 0.0509 e. The Kier molecular flexibility index (Phi) is 3.86. The number of rotatable bonds is 2. The molecule has 3 heteroatoms. The first-order valence-electron chi connectivity index (χ1n) is 6.68. The summed E-state index contributed by atoms with van der Waals surface area (Å²) in [6.07, 6.45) is 3.19. The summed E-state index contributed by atoms with van der Waals surface area (Å²) in [7, 11) is 0. The molecule has 1 saturated heterocycles. The summed E-state index contributed by atoms with van der Waals surface area (Å²) in [4.78, 5) is 6.81.